The summed E-state index contributed by atoms with van der Waals surface area (Å²) in [5.41, 5.74) is 0.772. The first-order chi connectivity index (χ1) is 12.6. The zero-order chi connectivity index (χ0) is 18.4. The van der Waals surface area contributed by atoms with Crippen LogP contribution in [0.15, 0.2) is 47.1 Å². The lowest BCUT2D eigenvalue weighted by atomic mass is 10.1. The summed E-state index contributed by atoms with van der Waals surface area (Å²) in [6.45, 7) is 2.94. The summed E-state index contributed by atoms with van der Waals surface area (Å²) in [6, 6.07) is 10.3. The van der Waals surface area contributed by atoms with E-state index in [0.29, 0.717) is 17.3 Å². The Bertz CT molecular complexity index is 727. The minimum Gasteiger partial charge on any atom is -0.463 e. The highest BCUT2D eigenvalue weighted by Crippen LogP contribution is 2.15. The molecule has 0 radical (unpaired) electrons. The summed E-state index contributed by atoms with van der Waals surface area (Å²) in [5, 5.41) is 17.5. The number of hydrogen-bond donors (Lipinski definition) is 3. The normalized spacial score (nSPS) is 16.0. The molecule has 3 N–H and O–H groups in total. The highest BCUT2D eigenvalue weighted by atomic mass is 32.1. The summed E-state index contributed by atoms with van der Waals surface area (Å²) in [6.07, 6.45) is 5.47. The van der Waals surface area contributed by atoms with Crippen molar-refractivity contribution in [3.63, 3.8) is 0 Å². The number of nitrogens with one attached hydrogen (secondary N) is 3. The number of nitro benzene ring substituents is 1. The smallest absolute Gasteiger partial charge is 0.269 e. The molecule has 0 unspecified atom stereocenters. The third-order valence-corrected chi connectivity index (χ3v) is 4.92. The number of non-ortho nitro benzene ring substituents is 1. The molecule has 0 spiro atoms. The van der Waals surface area contributed by atoms with Gasteiger partial charge in [0.05, 0.1) is 30.8 Å². The molecule has 1 fully saturated rings. The van der Waals surface area contributed by atoms with Crippen LogP contribution in [0.5, 0.6) is 0 Å². The van der Waals surface area contributed by atoms with Gasteiger partial charge >= 0.3 is 0 Å². The van der Waals surface area contributed by atoms with Crippen molar-refractivity contribution in [1.82, 2.24) is 5.32 Å². The van der Waals surface area contributed by atoms with Crippen LogP contribution in [0, 0.1) is 10.1 Å². The number of furan rings is 1. The molecule has 1 saturated heterocycles. The van der Waals surface area contributed by atoms with Crippen molar-refractivity contribution >= 4 is 28.7 Å². The lowest BCUT2D eigenvalue weighted by molar-refractivity contribution is -0.936. The zero-order valence-electron chi connectivity index (χ0n) is 14.4. The fourth-order valence-electron chi connectivity index (χ4n) is 3.33. The minimum atomic E-state index is -0.421. The minimum absolute atomic E-state index is 0.0565. The predicted octanol–water partition coefficient (Wildman–Crippen LogP) is 2.28. The quantitative estimate of drug-likeness (QED) is 0.408. The maximum absolute atomic E-state index is 10.7. The van der Waals surface area contributed by atoms with Gasteiger partial charge in [-0.25, -0.2) is 0 Å². The Hall–Kier alpha value is -2.45. The molecule has 26 heavy (non-hydrogen) atoms. The molecule has 1 aromatic heterocycles. The van der Waals surface area contributed by atoms with Gasteiger partial charge in [0.1, 0.15) is 0 Å². The Morgan fingerprint density at radius 2 is 1.96 bits per heavy atom. The van der Waals surface area contributed by atoms with Crippen molar-refractivity contribution in [2.24, 2.45) is 0 Å². The van der Waals surface area contributed by atoms with Crippen LogP contribution in [0.3, 0.4) is 0 Å². The standard InChI is InChI=1S/C18H22N4O3S/c23-22(24)15-8-6-14(7-9-15)20-18(26)19-13-16(17-5-4-12-25-17)21-10-2-1-3-11-21/h4-9,12,16H,1-3,10-11,13H2,(H2,19,20,26)/p+1/t16-/m1/s1. The van der Waals surface area contributed by atoms with Crippen molar-refractivity contribution < 1.29 is 14.2 Å². The highest BCUT2D eigenvalue weighted by Gasteiger charge is 2.28. The number of anilines is 1. The van der Waals surface area contributed by atoms with E-state index in [9.17, 15) is 10.1 Å². The van der Waals surface area contributed by atoms with Crippen LogP contribution < -0.4 is 15.5 Å². The van der Waals surface area contributed by atoms with Gasteiger partial charge in [-0.05, 0) is 55.7 Å². The molecule has 1 atom stereocenters. The second-order valence-corrected chi connectivity index (χ2v) is 6.83. The van der Waals surface area contributed by atoms with Gasteiger partial charge in [-0.2, -0.15) is 0 Å². The summed E-state index contributed by atoms with van der Waals surface area (Å²) in [5.74, 6) is 0.965. The molecule has 2 aromatic rings. The largest absolute Gasteiger partial charge is 0.463 e. The van der Waals surface area contributed by atoms with Gasteiger partial charge in [-0.15, -0.1) is 0 Å². The van der Waals surface area contributed by atoms with E-state index in [1.54, 1.807) is 18.4 Å². The summed E-state index contributed by atoms with van der Waals surface area (Å²) in [4.78, 5) is 11.8. The number of nitro groups is 1. The molecule has 1 aromatic carbocycles. The monoisotopic (exact) mass is 375 g/mol. The first kappa shape index (κ1) is 18.3. The molecule has 0 saturated carbocycles. The summed E-state index contributed by atoms with van der Waals surface area (Å²) < 4.78 is 5.65. The second-order valence-electron chi connectivity index (χ2n) is 6.43. The highest BCUT2D eigenvalue weighted by molar-refractivity contribution is 7.80. The molecule has 138 valence electrons. The first-order valence-corrected chi connectivity index (χ1v) is 9.21. The SMILES string of the molecule is O=[N+]([O-])c1ccc(NC(=S)NC[C@H](c2ccco2)[NH+]2CCCCC2)cc1. The van der Waals surface area contributed by atoms with E-state index in [-0.39, 0.29) is 11.7 Å². The first-order valence-electron chi connectivity index (χ1n) is 8.81. The second kappa shape index (κ2) is 8.77. The van der Waals surface area contributed by atoms with Crippen molar-refractivity contribution in [2.75, 3.05) is 25.0 Å². The molecule has 2 heterocycles. The Morgan fingerprint density at radius 1 is 1.23 bits per heavy atom. The van der Waals surface area contributed by atoms with Crippen molar-refractivity contribution in [3.8, 4) is 0 Å². The number of quaternary nitrogens is 1. The van der Waals surface area contributed by atoms with Crippen molar-refractivity contribution in [1.29, 1.82) is 0 Å². The van der Waals surface area contributed by atoms with E-state index in [4.69, 9.17) is 16.6 Å². The van der Waals surface area contributed by atoms with Crippen LogP contribution in [0.2, 0.25) is 0 Å². The third-order valence-electron chi connectivity index (χ3n) is 4.68. The van der Waals surface area contributed by atoms with Gasteiger partial charge < -0.3 is 20.0 Å². The van der Waals surface area contributed by atoms with Gasteiger partial charge in [0, 0.05) is 17.8 Å². The molecular weight excluding hydrogens is 352 g/mol. The number of likely N-dealkylation sites (tertiary alicyclic amines) is 1. The Balaban J connectivity index is 1.57. The number of rotatable bonds is 6. The number of nitrogens with zero attached hydrogens (tertiary/aromatic N) is 1. The Labute approximate surface area is 157 Å². The van der Waals surface area contributed by atoms with Gasteiger partial charge in [-0.1, -0.05) is 0 Å². The number of benzene rings is 1. The Kier molecular flexibility index (Phi) is 6.19. The van der Waals surface area contributed by atoms with Gasteiger partial charge in [-0.3, -0.25) is 10.1 Å². The van der Waals surface area contributed by atoms with Gasteiger partial charge in [0.15, 0.2) is 16.9 Å². The number of piperidine rings is 1. The van der Waals surface area contributed by atoms with Crippen LogP contribution in [0.1, 0.15) is 31.1 Å². The van der Waals surface area contributed by atoms with E-state index >= 15 is 0 Å². The van der Waals surface area contributed by atoms with E-state index in [1.165, 1.54) is 36.3 Å². The van der Waals surface area contributed by atoms with E-state index in [1.807, 2.05) is 12.1 Å². The van der Waals surface area contributed by atoms with Crippen molar-refractivity contribution in [3.05, 3.63) is 58.5 Å². The maximum atomic E-state index is 10.7. The average molecular weight is 375 g/mol. The molecule has 0 amide bonds. The molecule has 1 aliphatic heterocycles. The Morgan fingerprint density at radius 3 is 2.58 bits per heavy atom. The third kappa shape index (κ3) is 4.80. The van der Waals surface area contributed by atoms with Crippen LogP contribution in [-0.2, 0) is 0 Å². The average Bonchev–Trinajstić information content (AvgIpc) is 3.17. The fraction of sp³-hybridized carbons (Fsp3) is 0.389. The lowest BCUT2D eigenvalue weighted by Crippen LogP contribution is -3.13. The predicted molar refractivity (Wildman–Crippen MR) is 103 cm³/mol. The van der Waals surface area contributed by atoms with Crippen LogP contribution >= 0.6 is 12.2 Å². The van der Waals surface area contributed by atoms with Gasteiger partial charge in [0.25, 0.3) is 5.69 Å². The molecule has 0 aliphatic carbocycles. The molecule has 7 nitrogen and oxygen atoms in total. The number of hydrogen-bond acceptors (Lipinski definition) is 4. The van der Waals surface area contributed by atoms with Crippen LogP contribution in [-0.4, -0.2) is 29.7 Å². The van der Waals surface area contributed by atoms with Crippen molar-refractivity contribution in [2.45, 2.75) is 25.3 Å². The number of thiocarbonyl (C=S) groups is 1. The summed E-state index contributed by atoms with van der Waals surface area (Å²) >= 11 is 5.37. The topological polar surface area (TPSA) is 84.8 Å². The lowest BCUT2D eigenvalue weighted by Gasteiger charge is -2.30. The molecule has 8 heteroatoms. The van der Waals surface area contributed by atoms with Gasteiger partial charge in [0.2, 0.25) is 0 Å². The van der Waals surface area contributed by atoms with E-state index < -0.39 is 4.92 Å². The fourth-order valence-corrected chi connectivity index (χ4v) is 3.53. The molecule has 3 rings (SSSR count). The van der Waals surface area contributed by atoms with E-state index in [0.717, 1.165) is 18.8 Å². The molecule has 0 bridgehead atoms. The zero-order valence-corrected chi connectivity index (χ0v) is 15.3. The maximum Gasteiger partial charge on any atom is 0.269 e. The summed E-state index contributed by atoms with van der Waals surface area (Å²) in [7, 11) is 0. The molecular formula is C18H23N4O3S+. The van der Waals surface area contributed by atoms with E-state index in [2.05, 4.69) is 10.6 Å². The van der Waals surface area contributed by atoms with Crippen LogP contribution in [0.25, 0.3) is 0 Å². The molecule has 1 aliphatic rings. The van der Waals surface area contributed by atoms with Crippen LogP contribution in [0.4, 0.5) is 11.4 Å².